The minimum atomic E-state index is -0.395. The van der Waals surface area contributed by atoms with Crippen LogP contribution in [0, 0.1) is 0 Å². The highest BCUT2D eigenvalue weighted by Crippen LogP contribution is 2.09. The van der Waals surface area contributed by atoms with Crippen LogP contribution in [0.25, 0.3) is 0 Å². The van der Waals surface area contributed by atoms with E-state index in [-0.39, 0.29) is 5.12 Å². The van der Waals surface area contributed by atoms with Gasteiger partial charge in [-0.15, -0.1) is 0 Å². The van der Waals surface area contributed by atoms with Crippen molar-refractivity contribution in [2.45, 2.75) is 39.0 Å². The third kappa shape index (κ3) is 4.27. The van der Waals surface area contributed by atoms with Gasteiger partial charge >= 0.3 is 6.03 Å². The Hall–Kier alpha value is -1.49. The Morgan fingerprint density at radius 3 is 2.75 bits per heavy atom. The number of hydrogen-bond acceptors (Lipinski definition) is 3. The molecule has 4 nitrogen and oxygen atoms in total. The summed E-state index contributed by atoms with van der Waals surface area (Å²) in [5.74, 6) is 0.915. The zero-order valence-electron chi connectivity index (χ0n) is 11.6. The molecule has 0 aliphatic carbocycles. The van der Waals surface area contributed by atoms with Crippen LogP contribution >= 0.6 is 11.8 Å². The normalized spacial score (nSPS) is 12.8. The molecule has 2 rings (SSSR count). The fourth-order valence-corrected chi connectivity index (χ4v) is 2.85. The van der Waals surface area contributed by atoms with E-state index in [0.29, 0.717) is 5.36 Å². The predicted molar refractivity (Wildman–Crippen MR) is 79.5 cm³/mol. The van der Waals surface area contributed by atoms with Crippen molar-refractivity contribution in [1.82, 2.24) is 0 Å². The van der Waals surface area contributed by atoms with Crippen molar-refractivity contribution >= 4 is 22.9 Å². The molecule has 0 saturated heterocycles. The van der Waals surface area contributed by atoms with Crippen molar-refractivity contribution in [3.05, 3.63) is 34.5 Å². The fourth-order valence-electron chi connectivity index (χ4n) is 2.21. The topological polar surface area (TPSA) is 58.9 Å². The number of carbonyl (C=O) groups excluding carboxylic acids is 2. The molecule has 0 saturated carbocycles. The summed E-state index contributed by atoms with van der Waals surface area (Å²) < 4.78 is 0. The first-order valence-electron chi connectivity index (χ1n) is 6.89. The van der Waals surface area contributed by atoms with Crippen molar-refractivity contribution in [3.63, 3.8) is 0 Å². The molecule has 0 unspecified atom stereocenters. The molecule has 106 valence electrons. The summed E-state index contributed by atoms with van der Waals surface area (Å²) >= 11 is 1.40. The molecule has 1 heterocycles. The fraction of sp³-hybridized carbons (Fsp3) is 0.467. The number of fused-ring (bicyclic) bond motifs is 1. The number of thioether (sulfide) groups is 1. The van der Waals surface area contributed by atoms with Crippen molar-refractivity contribution < 1.29 is 9.59 Å². The van der Waals surface area contributed by atoms with Gasteiger partial charge in [-0.25, -0.2) is 4.79 Å². The number of hydrogen-bond donors (Lipinski definition) is 0. The molecule has 0 radical (unpaired) electrons. The number of unbranched alkanes of at least 4 members (excludes halogenated alkanes) is 3. The monoisotopic (exact) mass is 290 g/mol. The van der Waals surface area contributed by atoms with Gasteiger partial charge in [-0.05, 0) is 30.9 Å². The Labute approximate surface area is 122 Å². The minimum Gasteiger partial charge on any atom is -0.288 e. The number of rotatable bonds is 7. The Bertz CT molecular complexity index is 625. The molecule has 5 heteroatoms. The van der Waals surface area contributed by atoms with Crippen molar-refractivity contribution in [2.75, 3.05) is 5.75 Å². The lowest BCUT2D eigenvalue weighted by molar-refractivity contribution is -0.109. The summed E-state index contributed by atoms with van der Waals surface area (Å²) in [5, 5.41) is 1.65. The van der Waals surface area contributed by atoms with Gasteiger partial charge in [-0.3, -0.25) is 4.79 Å². The molecular weight excluding hydrogens is 272 g/mol. The number of urea groups is 1. The van der Waals surface area contributed by atoms with Crippen LogP contribution in [0.5, 0.6) is 0 Å². The highest BCUT2D eigenvalue weighted by Gasteiger charge is 2.08. The lowest BCUT2D eigenvalue weighted by atomic mass is 10.1. The number of para-hydroxylation sites is 1. The Morgan fingerprint density at radius 2 is 1.95 bits per heavy atom. The quantitative estimate of drug-likeness (QED) is 0.725. The van der Waals surface area contributed by atoms with Crippen LogP contribution in [-0.4, -0.2) is 16.9 Å². The average molecular weight is 290 g/mol. The van der Waals surface area contributed by atoms with Gasteiger partial charge in [-0.2, -0.15) is 9.98 Å². The van der Waals surface area contributed by atoms with Crippen LogP contribution in [0.15, 0.2) is 28.2 Å². The lowest BCUT2D eigenvalue weighted by Crippen LogP contribution is -2.25. The van der Waals surface area contributed by atoms with E-state index >= 15 is 0 Å². The van der Waals surface area contributed by atoms with E-state index < -0.39 is 6.03 Å². The molecule has 1 aliphatic rings. The summed E-state index contributed by atoms with van der Waals surface area (Å²) in [4.78, 5) is 29.8. The van der Waals surface area contributed by atoms with Gasteiger partial charge in [-0.1, -0.05) is 36.7 Å². The predicted octanol–water partition coefficient (Wildman–Crippen LogP) is 2.44. The molecule has 1 aromatic rings. The molecule has 2 amide bonds. The zero-order chi connectivity index (χ0) is 14.4. The second kappa shape index (κ2) is 7.33. The number of aryl methyl sites for hydroxylation is 1. The average Bonchev–Trinajstić information content (AvgIpc) is 2.78. The number of carbonyl (C=O) groups is 2. The SMILES string of the molecule is CC(=O)SCCCCCCc1cccc2c1=NC(=O)N=2. The van der Waals surface area contributed by atoms with Crippen LogP contribution in [0.2, 0.25) is 0 Å². The molecule has 0 bridgehead atoms. The van der Waals surface area contributed by atoms with Gasteiger partial charge in [0.2, 0.25) is 0 Å². The van der Waals surface area contributed by atoms with E-state index in [9.17, 15) is 9.59 Å². The number of benzene rings is 1. The Morgan fingerprint density at radius 1 is 1.15 bits per heavy atom. The van der Waals surface area contributed by atoms with Crippen LogP contribution in [-0.2, 0) is 11.2 Å². The van der Waals surface area contributed by atoms with Crippen molar-refractivity contribution in [1.29, 1.82) is 0 Å². The first kappa shape index (κ1) is 14.9. The van der Waals surface area contributed by atoms with Gasteiger partial charge in [0.15, 0.2) is 5.12 Å². The molecule has 1 aliphatic heterocycles. The van der Waals surface area contributed by atoms with E-state index in [0.717, 1.165) is 48.8 Å². The minimum absolute atomic E-state index is 0.194. The summed E-state index contributed by atoms with van der Waals surface area (Å²) in [6.07, 6.45) is 5.35. The van der Waals surface area contributed by atoms with E-state index in [1.807, 2.05) is 18.2 Å². The maximum atomic E-state index is 11.2. The maximum Gasteiger partial charge on any atom is 0.368 e. The summed E-state index contributed by atoms with van der Waals surface area (Å²) in [6, 6.07) is 5.37. The van der Waals surface area contributed by atoms with Crippen LogP contribution < -0.4 is 10.7 Å². The second-order valence-electron chi connectivity index (χ2n) is 4.80. The molecule has 0 fully saturated rings. The van der Waals surface area contributed by atoms with Crippen molar-refractivity contribution in [3.8, 4) is 0 Å². The Balaban J connectivity index is 1.76. The molecule has 0 aromatic heterocycles. The lowest BCUT2D eigenvalue weighted by Gasteiger charge is -2.02. The molecular formula is C15H18N2O2S. The maximum absolute atomic E-state index is 11.2. The van der Waals surface area contributed by atoms with Gasteiger partial charge in [0, 0.05) is 12.7 Å². The van der Waals surface area contributed by atoms with E-state index in [2.05, 4.69) is 9.98 Å². The highest BCUT2D eigenvalue weighted by molar-refractivity contribution is 8.13. The van der Waals surface area contributed by atoms with Gasteiger partial charge in [0.25, 0.3) is 0 Å². The first-order valence-corrected chi connectivity index (χ1v) is 7.88. The van der Waals surface area contributed by atoms with Gasteiger partial charge in [0.1, 0.15) is 0 Å². The van der Waals surface area contributed by atoms with E-state index in [4.69, 9.17) is 0 Å². The summed E-state index contributed by atoms with van der Waals surface area (Å²) in [5.41, 5.74) is 1.11. The highest BCUT2D eigenvalue weighted by atomic mass is 32.2. The Kier molecular flexibility index (Phi) is 5.47. The molecule has 0 spiro atoms. The smallest absolute Gasteiger partial charge is 0.288 e. The first-order chi connectivity index (χ1) is 9.66. The van der Waals surface area contributed by atoms with E-state index in [1.165, 1.54) is 11.8 Å². The molecule has 0 N–H and O–H groups in total. The van der Waals surface area contributed by atoms with Crippen molar-refractivity contribution in [2.24, 2.45) is 9.98 Å². The van der Waals surface area contributed by atoms with Crippen LogP contribution in [0.1, 0.15) is 38.2 Å². The number of amides is 2. The molecule has 20 heavy (non-hydrogen) atoms. The van der Waals surface area contributed by atoms with E-state index in [1.54, 1.807) is 6.92 Å². The van der Waals surface area contributed by atoms with Gasteiger partial charge in [0.05, 0.1) is 10.7 Å². The van der Waals surface area contributed by atoms with Crippen LogP contribution in [0.4, 0.5) is 4.79 Å². The third-order valence-electron chi connectivity index (χ3n) is 3.17. The second-order valence-corrected chi connectivity index (χ2v) is 6.07. The molecule has 1 aromatic carbocycles. The van der Waals surface area contributed by atoms with Crippen LogP contribution in [0.3, 0.4) is 0 Å². The number of nitrogens with zero attached hydrogens (tertiary/aromatic N) is 2. The zero-order valence-corrected chi connectivity index (χ0v) is 12.4. The van der Waals surface area contributed by atoms with Gasteiger partial charge < -0.3 is 0 Å². The summed E-state index contributed by atoms with van der Waals surface area (Å²) in [7, 11) is 0. The largest absolute Gasteiger partial charge is 0.368 e. The third-order valence-corrected chi connectivity index (χ3v) is 4.07. The standard InChI is InChI=1S/C15H18N2O2S/c1-11(18)20-10-5-3-2-4-7-12-8-6-9-13-14(12)17-15(19)16-13/h6,8-9H,2-5,7,10H2,1H3. The molecule has 0 atom stereocenters. The summed E-state index contributed by atoms with van der Waals surface area (Å²) in [6.45, 7) is 1.61.